The lowest BCUT2D eigenvalue weighted by Gasteiger charge is -2.16. The number of benzene rings is 2. The zero-order valence-corrected chi connectivity index (χ0v) is 12.2. The minimum atomic E-state index is -0.276. The molecule has 0 saturated carbocycles. The molecular weight excluding hydrogens is 297 g/mol. The maximum atomic E-state index is 12.6. The Balaban J connectivity index is 2.57. The van der Waals surface area contributed by atoms with Crippen LogP contribution in [-0.4, -0.2) is 19.2 Å². The number of nitrogens with zero attached hydrogens (tertiary/aromatic N) is 1. The molecule has 0 unspecified atom stereocenters. The lowest BCUT2D eigenvalue weighted by atomic mass is 10.0. The van der Waals surface area contributed by atoms with Gasteiger partial charge in [0.1, 0.15) is 0 Å². The molecule has 0 saturated heterocycles. The molecule has 2 aromatic carbocycles. The number of anilines is 1. The van der Waals surface area contributed by atoms with Crippen LogP contribution in [0.1, 0.15) is 15.9 Å². The monoisotopic (exact) mass is 307 g/mol. The molecule has 0 bridgehead atoms. The van der Waals surface area contributed by atoms with Crippen molar-refractivity contribution in [2.45, 2.75) is 0 Å². The van der Waals surface area contributed by atoms with Crippen LogP contribution in [0, 0.1) is 0 Å². The van der Waals surface area contributed by atoms with Gasteiger partial charge in [0.15, 0.2) is 5.78 Å². The van der Waals surface area contributed by atoms with E-state index in [2.05, 4.69) is 0 Å². The van der Waals surface area contributed by atoms with Gasteiger partial charge in [-0.2, -0.15) is 0 Å². The highest BCUT2D eigenvalue weighted by molar-refractivity contribution is 6.35. The fraction of sp³-hybridized carbons (Fsp3) is 0.0667. The second kappa shape index (κ2) is 6.07. The molecule has 0 fully saturated rings. The van der Waals surface area contributed by atoms with Crippen molar-refractivity contribution in [2.75, 3.05) is 11.9 Å². The third-order valence-electron chi connectivity index (χ3n) is 2.86. The van der Waals surface area contributed by atoms with E-state index in [1.165, 1.54) is 11.0 Å². The van der Waals surface area contributed by atoms with E-state index < -0.39 is 0 Å². The van der Waals surface area contributed by atoms with Crippen LogP contribution in [0.25, 0.3) is 0 Å². The molecule has 20 heavy (non-hydrogen) atoms. The quantitative estimate of drug-likeness (QED) is 0.636. The summed E-state index contributed by atoms with van der Waals surface area (Å²) in [6.45, 7) is 0. The average molecular weight is 308 g/mol. The van der Waals surface area contributed by atoms with Crippen LogP contribution >= 0.6 is 23.2 Å². The normalized spacial score (nSPS) is 10.2. The van der Waals surface area contributed by atoms with Gasteiger partial charge in [-0.3, -0.25) is 9.59 Å². The van der Waals surface area contributed by atoms with E-state index in [0.717, 1.165) is 0 Å². The Labute approximate surface area is 126 Å². The molecule has 0 radical (unpaired) electrons. The number of carbonyl (C=O) groups excluding carboxylic acids is 2. The first-order valence-electron chi connectivity index (χ1n) is 5.81. The molecule has 102 valence electrons. The molecule has 0 spiro atoms. The fourth-order valence-corrected chi connectivity index (χ4v) is 2.24. The molecule has 0 aromatic heterocycles. The number of hydrogen-bond acceptors (Lipinski definition) is 2. The summed E-state index contributed by atoms with van der Waals surface area (Å²) in [6, 6.07) is 11.5. The van der Waals surface area contributed by atoms with Crippen LogP contribution in [0.2, 0.25) is 10.0 Å². The second-order valence-corrected chi connectivity index (χ2v) is 5.03. The summed E-state index contributed by atoms with van der Waals surface area (Å²) in [4.78, 5) is 24.8. The van der Waals surface area contributed by atoms with Crippen LogP contribution in [0.15, 0.2) is 42.5 Å². The standard InChI is InChI=1S/C15H11Cl2NO2/c1-18(9-19)14-7-6-10(16)8-12(14)15(20)11-4-2-3-5-13(11)17/h2-9H,1H3. The third kappa shape index (κ3) is 2.84. The summed E-state index contributed by atoms with van der Waals surface area (Å²) in [7, 11) is 1.57. The van der Waals surface area contributed by atoms with E-state index >= 15 is 0 Å². The summed E-state index contributed by atoms with van der Waals surface area (Å²) in [5, 5.41) is 0.778. The number of hydrogen-bond donors (Lipinski definition) is 0. The largest absolute Gasteiger partial charge is 0.317 e. The Morgan fingerprint density at radius 2 is 1.80 bits per heavy atom. The Morgan fingerprint density at radius 1 is 1.10 bits per heavy atom. The molecule has 0 atom stereocenters. The van der Waals surface area contributed by atoms with Crippen molar-refractivity contribution in [3.8, 4) is 0 Å². The Bertz CT molecular complexity index is 671. The lowest BCUT2D eigenvalue weighted by Crippen LogP contribution is -2.18. The summed E-state index contributed by atoms with van der Waals surface area (Å²) in [6.07, 6.45) is 0.632. The molecule has 0 aliphatic carbocycles. The van der Waals surface area contributed by atoms with Gasteiger partial charge in [-0.15, -0.1) is 0 Å². The molecule has 5 heteroatoms. The van der Waals surface area contributed by atoms with Crippen molar-refractivity contribution in [3.63, 3.8) is 0 Å². The first-order valence-corrected chi connectivity index (χ1v) is 6.57. The van der Waals surface area contributed by atoms with E-state index in [0.29, 0.717) is 33.3 Å². The van der Waals surface area contributed by atoms with E-state index in [1.54, 1.807) is 43.4 Å². The molecule has 3 nitrogen and oxygen atoms in total. The molecule has 0 aliphatic rings. The maximum Gasteiger partial charge on any atom is 0.213 e. The minimum absolute atomic E-state index is 0.276. The topological polar surface area (TPSA) is 37.4 Å². The Hall–Kier alpha value is -1.84. The second-order valence-electron chi connectivity index (χ2n) is 4.19. The van der Waals surface area contributed by atoms with Crippen molar-refractivity contribution in [1.29, 1.82) is 0 Å². The highest BCUT2D eigenvalue weighted by atomic mass is 35.5. The summed E-state index contributed by atoms with van der Waals surface area (Å²) < 4.78 is 0. The van der Waals surface area contributed by atoms with Crippen LogP contribution in [0.5, 0.6) is 0 Å². The van der Waals surface area contributed by atoms with Gasteiger partial charge in [0.05, 0.1) is 10.7 Å². The van der Waals surface area contributed by atoms with Gasteiger partial charge in [0.25, 0.3) is 0 Å². The van der Waals surface area contributed by atoms with E-state index in [-0.39, 0.29) is 5.78 Å². The smallest absolute Gasteiger partial charge is 0.213 e. The van der Waals surface area contributed by atoms with E-state index in [4.69, 9.17) is 23.2 Å². The summed E-state index contributed by atoms with van der Waals surface area (Å²) >= 11 is 12.0. The van der Waals surface area contributed by atoms with Crippen LogP contribution < -0.4 is 4.90 Å². The van der Waals surface area contributed by atoms with Crippen molar-refractivity contribution in [3.05, 3.63) is 63.6 Å². The lowest BCUT2D eigenvalue weighted by molar-refractivity contribution is -0.107. The highest BCUT2D eigenvalue weighted by Crippen LogP contribution is 2.27. The predicted molar refractivity (Wildman–Crippen MR) is 80.8 cm³/mol. The summed E-state index contributed by atoms with van der Waals surface area (Å²) in [5.74, 6) is -0.276. The van der Waals surface area contributed by atoms with Crippen molar-refractivity contribution >= 4 is 41.1 Å². The number of carbonyl (C=O) groups is 2. The first-order chi connectivity index (χ1) is 9.54. The van der Waals surface area contributed by atoms with Crippen LogP contribution in [0.4, 0.5) is 5.69 Å². The Morgan fingerprint density at radius 3 is 2.45 bits per heavy atom. The zero-order valence-electron chi connectivity index (χ0n) is 10.6. The number of ketones is 1. The fourth-order valence-electron chi connectivity index (χ4n) is 1.84. The van der Waals surface area contributed by atoms with Crippen molar-refractivity contribution in [2.24, 2.45) is 0 Å². The van der Waals surface area contributed by atoms with Gasteiger partial charge in [-0.25, -0.2) is 0 Å². The molecule has 2 aromatic rings. The van der Waals surface area contributed by atoms with Gasteiger partial charge in [0, 0.05) is 23.2 Å². The molecule has 1 amide bonds. The van der Waals surface area contributed by atoms with Crippen molar-refractivity contribution in [1.82, 2.24) is 0 Å². The first kappa shape index (κ1) is 14.6. The average Bonchev–Trinajstić information content (AvgIpc) is 2.46. The minimum Gasteiger partial charge on any atom is -0.317 e. The van der Waals surface area contributed by atoms with E-state index in [9.17, 15) is 9.59 Å². The SMILES string of the molecule is CN(C=O)c1ccc(Cl)cc1C(=O)c1ccccc1Cl. The maximum absolute atomic E-state index is 12.6. The molecule has 0 heterocycles. The zero-order chi connectivity index (χ0) is 14.7. The molecule has 2 rings (SSSR count). The van der Waals surface area contributed by atoms with Gasteiger partial charge >= 0.3 is 0 Å². The van der Waals surface area contributed by atoms with Gasteiger partial charge < -0.3 is 4.90 Å². The predicted octanol–water partition coefficient (Wildman–Crippen LogP) is 3.82. The number of rotatable bonds is 4. The molecule has 0 aliphatic heterocycles. The number of amides is 1. The molecule has 0 N–H and O–H groups in total. The Kier molecular flexibility index (Phi) is 4.42. The summed E-state index contributed by atoms with van der Waals surface area (Å²) in [5.41, 5.74) is 1.19. The van der Waals surface area contributed by atoms with Gasteiger partial charge in [0.2, 0.25) is 6.41 Å². The third-order valence-corrected chi connectivity index (χ3v) is 3.42. The number of halogens is 2. The van der Waals surface area contributed by atoms with E-state index in [1.807, 2.05) is 0 Å². The molecular formula is C15H11Cl2NO2. The van der Waals surface area contributed by atoms with Crippen LogP contribution in [-0.2, 0) is 4.79 Å². The van der Waals surface area contributed by atoms with Gasteiger partial charge in [-0.1, -0.05) is 35.3 Å². The highest BCUT2D eigenvalue weighted by Gasteiger charge is 2.18. The van der Waals surface area contributed by atoms with Crippen molar-refractivity contribution < 1.29 is 9.59 Å². The van der Waals surface area contributed by atoms with Crippen LogP contribution in [0.3, 0.4) is 0 Å². The van der Waals surface area contributed by atoms with Gasteiger partial charge in [-0.05, 0) is 30.3 Å².